The van der Waals surface area contributed by atoms with Crippen molar-refractivity contribution in [2.45, 2.75) is 24.7 Å². The van der Waals surface area contributed by atoms with Crippen LogP contribution in [0.5, 0.6) is 5.75 Å². The van der Waals surface area contributed by atoms with Crippen LogP contribution in [0.3, 0.4) is 0 Å². The molecule has 1 aromatic rings. The third-order valence-electron chi connectivity index (χ3n) is 2.15. The summed E-state index contributed by atoms with van der Waals surface area (Å²) in [5.41, 5.74) is 0.634. The molecule has 0 spiro atoms. The molecule has 0 bridgehead atoms. The van der Waals surface area contributed by atoms with Crippen molar-refractivity contribution in [3.8, 4) is 5.75 Å². The summed E-state index contributed by atoms with van der Waals surface area (Å²) in [6, 6.07) is 5.32. The summed E-state index contributed by atoms with van der Waals surface area (Å²) >= 11 is 4.25. The average molecular weight is 226 g/mol. The molecule has 0 aliphatic rings. The van der Waals surface area contributed by atoms with Gasteiger partial charge in [-0.15, -0.1) is 12.6 Å². The van der Waals surface area contributed by atoms with Crippen molar-refractivity contribution in [2.24, 2.45) is 0 Å². The van der Waals surface area contributed by atoms with E-state index >= 15 is 0 Å². The lowest BCUT2D eigenvalue weighted by Crippen LogP contribution is -2.10. The third kappa shape index (κ3) is 2.65. The first-order chi connectivity index (χ1) is 7.07. The minimum atomic E-state index is -0.877. The number of hydrogen-bond acceptors (Lipinski definition) is 3. The van der Waals surface area contributed by atoms with Crippen molar-refractivity contribution < 1.29 is 14.6 Å². The summed E-state index contributed by atoms with van der Waals surface area (Å²) in [6.45, 7) is 4.00. The SMILES string of the molecule is CCOc1cccc(S)c1C(C)C(=O)O. The molecule has 0 aromatic heterocycles. The van der Waals surface area contributed by atoms with Gasteiger partial charge in [0, 0.05) is 10.5 Å². The molecule has 0 saturated carbocycles. The number of rotatable bonds is 4. The van der Waals surface area contributed by atoms with Crippen molar-refractivity contribution in [2.75, 3.05) is 6.61 Å². The van der Waals surface area contributed by atoms with Gasteiger partial charge in [-0.25, -0.2) is 0 Å². The number of thiol groups is 1. The van der Waals surface area contributed by atoms with Gasteiger partial charge in [-0.1, -0.05) is 6.07 Å². The Balaban J connectivity index is 3.17. The van der Waals surface area contributed by atoms with Crippen LogP contribution in [0.25, 0.3) is 0 Å². The van der Waals surface area contributed by atoms with Gasteiger partial charge < -0.3 is 9.84 Å². The van der Waals surface area contributed by atoms with E-state index in [4.69, 9.17) is 9.84 Å². The molecule has 82 valence electrons. The van der Waals surface area contributed by atoms with Crippen molar-refractivity contribution in [1.29, 1.82) is 0 Å². The molecule has 15 heavy (non-hydrogen) atoms. The molecule has 4 heteroatoms. The van der Waals surface area contributed by atoms with Crippen LogP contribution in [0, 0.1) is 0 Å². The maximum Gasteiger partial charge on any atom is 0.310 e. The predicted molar refractivity (Wildman–Crippen MR) is 60.9 cm³/mol. The number of ether oxygens (including phenoxy) is 1. The van der Waals surface area contributed by atoms with Crippen LogP contribution in [-0.4, -0.2) is 17.7 Å². The molecule has 0 heterocycles. The molecular formula is C11H14O3S. The van der Waals surface area contributed by atoms with Gasteiger partial charge in [-0.2, -0.15) is 0 Å². The Hall–Kier alpha value is -1.16. The van der Waals surface area contributed by atoms with Gasteiger partial charge in [-0.3, -0.25) is 4.79 Å². The van der Waals surface area contributed by atoms with Gasteiger partial charge in [0.15, 0.2) is 0 Å². The summed E-state index contributed by atoms with van der Waals surface area (Å²) < 4.78 is 5.38. The lowest BCUT2D eigenvalue weighted by molar-refractivity contribution is -0.138. The zero-order valence-electron chi connectivity index (χ0n) is 8.73. The fourth-order valence-corrected chi connectivity index (χ4v) is 1.76. The summed E-state index contributed by atoms with van der Waals surface area (Å²) in [7, 11) is 0. The highest BCUT2D eigenvalue weighted by Gasteiger charge is 2.20. The van der Waals surface area contributed by atoms with Crippen LogP contribution >= 0.6 is 12.6 Å². The lowest BCUT2D eigenvalue weighted by atomic mass is 10.0. The van der Waals surface area contributed by atoms with Crippen LogP contribution in [0.4, 0.5) is 0 Å². The Labute approximate surface area is 94.5 Å². The van der Waals surface area contributed by atoms with Crippen LogP contribution in [-0.2, 0) is 4.79 Å². The average Bonchev–Trinajstić information content (AvgIpc) is 2.17. The molecule has 0 saturated heterocycles. The molecule has 0 amide bonds. The first-order valence-corrected chi connectivity index (χ1v) is 5.20. The van der Waals surface area contributed by atoms with E-state index in [-0.39, 0.29) is 0 Å². The highest BCUT2D eigenvalue weighted by Crippen LogP contribution is 2.32. The first-order valence-electron chi connectivity index (χ1n) is 4.75. The van der Waals surface area contributed by atoms with E-state index in [1.807, 2.05) is 6.92 Å². The number of carbonyl (C=O) groups is 1. The Morgan fingerprint density at radius 1 is 1.60 bits per heavy atom. The van der Waals surface area contributed by atoms with E-state index in [0.717, 1.165) is 0 Å². The number of hydrogen-bond donors (Lipinski definition) is 2. The number of carboxylic acid groups (broad SMARTS) is 1. The summed E-state index contributed by atoms with van der Waals surface area (Å²) in [5, 5.41) is 8.96. The summed E-state index contributed by atoms with van der Waals surface area (Å²) in [4.78, 5) is 11.6. The molecule has 1 atom stereocenters. The normalized spacial score (nSPS) is 12.2. The first kappa shape index (κ1) is 11.9. The Morgan fingerprint density at radius 2 is 2.27 bits per heavy atom. The molecule has 0 fully saturated rings. The van der Waals surface area contributed by atoms with Crippen molar-refractivity contribution in [3.63, 3.8) is 0 Å². The molecular weight excluding hydrogens is 212 g/mol. The lowest BCUT2D eigenvalue weighted by Gasteiger charge is -2.15. The van der Waals surface area contributed by atoms with Crippen LogP contribution in [0.1, 0.15) is 25.3 Å². The zero-order valence-corrected chi connectivity index (χ0v) is 9.62. The number of carboxylic acids is 1. The highest BCUT2D eigenvalue weighted by atomic mass is 32.1. The smallest absolute Gasteiger partial charge is 0.310 e. The molecule has 0 aliphatic carbocycles. The van der Waals surface area contributed by atoms with Gasteiger partial charge in [0.2, 0.25) is 0 Å². The van der Waals surface area contributed by atoms with Crippen LogP contribution in [0.2, 0.25) is 0 Å². The van der Waals surface area contributed by atoms with Crippen LogP contribution < -0.4 is 4.74 Å². The largest absolute Gasteiger partial charge is 0.494 e. The second kappa shape index (κ2) is 5.07. The zero-order chi connectivity index (χ0) is 11.4. The molecule has 1 N–H and O–H groups in total. The molecule has 0 aliphatic heterocycles. The summed E-state index contributed by atoms with van der Waals surface area (Å²) in [5.74, 6) is -0.891. The van der Waals surface area contributed by atoms with E-state index in [2.05, 4.69) is 12.6 Å². The van der Waals surface area contributed by atoms with E-state index in [1.165, 1.54) is 0 Å². The van der Waals surface area contributed by atoms with E-state index in [1.54, 1.807) is 25.1 Å². The molecule has 3 nitrogen and oxygen atoms in total. The maximum atomic E-state index is 10.9. The van der Waals surface area contributed by atoms with Gasteiger partial charge in [-0.05, 0) is 26.0 Å². The second-order valence-electron chi connectivity index (χ2n) is 3.18. The van der Waals surface area contributed by atoms with E-state index in [9.17, 15) is 4.79 Å². The van der Waals surface area contributed by atoms with E-state index < -0.39 is 11.9 Å². The monoisotopic (exact) mass is 226 g/mol. The quantitative estimate of drug-likeness (QED) is 0.776. The maximum absolute atomic E-state index is 10.9. The standard InChI is InChI=1S/C11H14O3S/c1-3-14-8-5-4-6-9(15)10(8)7(2)11(12)13/h4-7,15H,3H2,1-2H3,(H,12,13). The van der Waals surface area contributed by atoms with Gasteiger partial charge >= 0.3 is 5.97 Å². The fourth-order valence-electron chi connectivity index (χ4n) is 1.37. The molecule has 1 rings (SSSR count). The highest BCUT2D eigenvalue weighted by molar-refractivity contribution is 7.80. The minimum Gasteiger partial charge on any atom is -0.494 e. The Kier molecular flexibility index (Phi) is 4.03. The molecule has 0 radical (unpaired) electrons. The third-order valence-corrected chi connectivity index (χ3v) is 2.54. The van der Waals surface area contributed by atoms with E-state index in [0.29, 0.717) is 22.8 Å². The fraction of sp³-hybridized carbons (Fsp3) is 0.364. The van der Waals surface area contributed by atoms with Crippen molar-refractivity contribution >= 4 is 18.6 Å². The van der Waals surface area contributed by atoms with Crippen molar-refractivity contribution in [3.05, 3.63) is 23.8 Å². The second-order valence-corrected chi connectivity index (χ2v) is 3.66. The number of benzene rings is 1. The van der Waals surface area contributed by atoms with Gasteiger partial charge in [0.1, 0.15) is 5.75 Å². The van der Waals surface area contributed by atoms with Crippen molar-refractivity contribution in [1.82, 2.24) is 0 Å². The topological polar surface area (TPSA) is 46.5 Å². The Morgan fingerprint density at radius 3 is 2.80 bits per heavy atom. The molecule has 1 unspecified atom stereocenters. The summed E-state index contributed by atoms with van der Waals surface area (Å²) in [6.07, 6.45) is 0. The van der Waals surface area contributed by atoms with Gasteiger partial charge in [0.05, 0.1) is 12.5 Å². The Bertz CT molecular complexity index is 363. The minimum absolute atomic E-state index is 0.510. The number of aliphatic carboxylic acids is 1. The van der Waals surface area contributed by atoms with Crippen LogP contribution in [0.15, 0.2) is 23.1 Å². The van der Waals surface area contributed by atoms with Gasteiger partial charge in [0.25, 0.3) is 0 Å². The predicted octanol–water partition coefficient (Wildman–Crippen LogP) is 2.56. The molecule has 1 aromatic carbocycles.